The molecule has 2 heterocycles. The van der Waals surface area contributed by atoms with Crippen molar-refractivity contribution in [3.63, 3.8) is 0 Å². The van der Waals surface area contributed by atoms with Crippen LogP contribution in [-0.2, 0) is 4.74 Å². The van der Waals surface area contributed by atoms with Gasteiger partial charge in [-0.2, -0.15) is 0 Å². The van der Waals surface area contributed by atoms with Gasteiger partial charge >= 0.3 is 12.1 Å². The molecule has 0 bridgehead atoms. The third-order valence-electron chi connectivity index (χ3n) is 8.76. The average Bonchev–Trinajstić information content (AvgIpc) is 2.98. The fourth-order valence-electron chi connectivity index (χ4n) is 6.47. The van der Waals surface area contributed by atoms with E-state index in [4.69, 9.17) is 16.3 Å². The summed E-state index contributed by atoms with van der Waals surface area (Å²) in [7, 11) is 0. The third kappa shape index (κ3) is 8.52. The zero-order chi connectivity index (χ0) is 30.6. The summed E-state index contributed by atoms with van der Waals surface area (Å²) in [6, 6.07) is 15.5. The van der Waals surface area contributed by atoms with Crippen molar-refractivity contribution in [2.24, 2.45) is 5.92 Å². The van der Waals surface area contributed by atoms with E-state index in [1.165, 1.54) is 16.7 Å². The summed E-state index contributed by atoms with van der Waals surface area (Å²) in [4.78, 5) is 33.0. The van der Waals surface area contributed by atoms with Crippen molar-refractivity contribution in [3.8, 4) is 0 Å². The van der Waals surface area contributed by atoms with Gasteiger partial charge in [0.1, 0.15) is 5.60 Å². The first-order valence-electron chi connectivity index (χ1n) is 15.5. The first kappa shape index (κ1) is 31.4. The minimum Gasteiger partial charge on any atom is -0.478 e. The van der Waals surface area contributed by atoms with Crippen molar-refractivity contribution < 1.29 is 19.4 Å². The molecule has 1 aliphatic carbocycles. The summed E-state index contributed by atoms with van der Waals surface area (Å²) < 4.78 is 5.58. The van der Waals surface area contributed by atoms with Gasteiger partial charge in [-0.1, -0.05) is 29.3 Å². The van der Waals surface area contributed by atoms with Gasteiger partial charge in [0, 0.05) is 76.2 Å². The minimum absolute atomic E-state index is 0.208. The molecule has 2 aliphatic heterocycles. The molecule has 2 fully saturated rings. The lowest BCUT2D eigenvalue weighted by Crippen LogP contribution is -2.51. The Morgan fingerprint density at radius 3 is 2.12 bits per heavy atom. The van der Waals surface area contributed by atoms with Crippen LogP contribution in [-0.4, -0.2) is 103 Å². The van der Waals surface area contributed by atoms with Gasteiger partial charge < -0.3 is 19.6 Å². The second-order valence-electron chi connectivity index (χ2n) is 13.1. The molecule has 0 spiro atoms. The number of aromatic carboxylic acids is 1. The second-order valence-corrected chi connectivity index (χ2v) is 13.5. The number of amides is 1. The maximum absolute atomic E-state index is 12.5. The first-order chi connectivity index (χ1) is 20.5. The predicted octanol–water partition coefficient (Wildman–Crippen LogP) is 5.97. The highest BCUT2D eigenvalue weighted by molar-refractivity contribution is 6.30. The van der Waals surface area contributed by atoms with Crippen LogP contribution in [0.3, 0.4) is 0 Å². The van der Waals surface area contributed by atoms with Crippen LogP contribution in [0.4, 0.5) is 10.5 Å². The molecule has 2 aromatic rings. The Morgan fingerprint density at radius 2 is 1.51 bits per heavy atom. The number of piperazine rings is 2. The van der Waals surface area contributed by atoms with E-state index in [-0.39, 0.29) is 6.09 Å². The van der Waals surface area contributed by atoms with Crippen LogP contribution in [0.2, 0.25) is 5.02 Å². The number of hydrogen-bond donors (Lipinski definition) is 1. The highest BCUT2D eigenvalue weighted by atomic mass is 35.5. The number of carbonyl (C=O) groups is 2. The van der Waals surface area contributed by atoms with Crippen molar-refractivity contribution in [3.05, 3.63) is 70.3 Å². The van der Waals surface area contributed by atoms with Gasteiger partial charge in [-0.3, -0.25) is 9.80 Å². The quantitative estimate of drug-likeness (QED) is 0.415. The summed E-state index contributed by atoms with van der Waals surface area (Å²) in [5.41, 5.74) is 5.21. The minimum atomic E-state index is -0.894. The van der Waals surface area contributed by atoms with Gasteiger partial charge in [0.25, 0.3) is 0 Å². The van der Waals surface area contributed by atoms with Gasteiger partial charge in [0.15, 0.2) is 0 Å². The van der Waals surface area contributed by atoms with E-state index in [9.17, 15) is 14.7 Å². The number of ether oxygens (including phenoxy) is 1. The summed E-state index contributed by atoms with van der Waals surface area (Å²) in [6.07, 6.45) is 3.10. The standard InChI is InChI=1S/C34H45ClN4O4/c1-34(2,3)43-33(42)39-20-16-36(17-21-39)23-25-4-13-31(26-5-9-29(35)10-6-26)28(22-25)24-37-14-18-38(19-15-37)30-11-7-27(8-12-30)32(40)41/h5-12,25H,4,13-24H2,1-3H3,(H,40,41). The third-order valence-corrected chi connectivity index (χ3v) is 9.02. The number of carbonyl (C=O) groups excluding carboxylic acids is 1. The van der Waals surface area contributed by atoms with Crippen molar-refractivity contribution in [2.45, 2.75) is 45.6 Å². The molecule has 0 aromatic heterocycles. The largest absolute Gasteiger partial charge is 0.478 e. The molecular weight excluding hydrogens is 564 g/mol. The Kier molecular flexibility index (Phi) is 9.99. The fraction of sp³-hybridized carbons (Fsp3) is 0.529. The van der Waals surface area contributed by atoms with E-state index in [1.54, 1.807) is 12.1 Å². The normalized spacial score (nSPS) is 20.8. The number of anilines is 1. The lowest BCUT2D eigenvalue weighted by molar-refractivity contribution is 0.0131. The maximum Gasteiger partial charge on any atom is 0.410 e. The highest BCUT2D eigenvalue weighted by Gasteiger charge is 2.30. The monoisotopic (exact) mass is 608 g/mol. The highest BCUT2D eigenvalue weighted by Crippen LogP contribution is 2.37. The summed E-state index contributed by atoms with van der Waals surface area (Å²) in [5, 5.41) is 9.98. The average molecular weight is 609 g/mol. The van der Waals surface area contributed by atoms with Crippen molar-refractivity contribution in [1.82, 2.24) is 14.7 Å². The lowest BCUT2D eigenvalue weighted by Gasteiger charge is -2.40. The number of benzene rings is 2. The number of rotatable bonds is 7. The molecule has 8 nitrogen and oxygen atoms in total. The molecule has 43 heavy (non-hydrogen) atoms. The molecule has 1 unspecified atom stereocenters. The molecule has 1 atom stereocenters. The zero-order valence-corrected chi connectivity index (χ0v) is 26.5. The molecule has 0 saturated carbocycles. The maximum atomic E-state index is 12.5. The number of carboxylic acids is 1. The molecule has 3 aliphatic rings. The van der Waals surface area contributed by atoms with Crippen LogP contribution in [0, 0.1) is 5.92 Å². The van der Waals surface area contributed by atoms with Gasteiger partial charge in [0.2, 0.25) is 0 Å². The SMILES string of the molecule is CC(C)(C)OC(=O)N1CCN(CC2CCC(c3ccc(Cl)cc3)=C(CN3CCN(c4ccc(C(=O)O)cc4)CC3)C2)CC1. The molecule has 232 valence electrons. The molecule has 1 amide bonds. The molecule has 9 heteroatoms. The number of allylic oxidation sites excluding steroid dienone is 1. The number of halogens is 1. The molecular formula is C34H45ClN4O4. The van der Waals surface area contributed by atoms with E-state index in [0.29, 0.717) is 24.6 Å². The number of carboxylic acid groups (broad SMARTS) is 1. The predicted molar refractivity (Wildman–Crippen MR) is 172 cm³/mol. The second kappa shape index (κ2) is 13.7. The lowest BCUT2D eigenvalue weighted by atomic mass is 9.80. The molecule has 0 radical (unpaired) electrons. The van der Waals surface area contributed by atoms with Gasteiger partial charge in [0.05, 0.1) is 5.56 Å². The van der Waals surface area contributed by atoms with E-state index < -0.39 is 11.6 Å². The Morgan fingerprint density at radius 1 is 0.884 bits per heavy atom. The summed E-state index contributed by atoms with van der Waals surface area (Å²) in [5.74, 6) is -0.303. The van der Waals surface area contributed by atoms with Crippen molar-refractivity contribution >= 4 is 34.9 Å². The fourth-order valence-corrected chi connectivity index (χ4v) is 6.59. The van der Waals surface area contributed by atoms with E-state index in [1.807, 2.05) is 49.9 Å². The van der Waals surface area contributed by atoms with Gasteiger partial charge in [-0.25, -0.2) is 9.59 Å². The van der Waals surface area contributed by atoms with E-state index in [2.05, 4.69) is 26.8 Å². The van der Waals surface area contributed by atoms with Gasteiger partial charge in [-0.05, 0) is 93.5 Å². The van der Waals surface area contributed by atoms with Crippen LogP contribution in [0.25, 0.3) is 5.57 Å². The zero-order valence-electron chi connectivity index (χ0n) is 25.7. The molecule has 5 rings (SSSR count). The Balaban J connectivity index is 1.20. The summed E-state index contributed by atoms with van der Waals surface area (Å²) in [6.45, 7) is 14.7. The molecule has 2 aromatic carbocycles. The van der Waals surface area contributed by atoms with Gasteiger partial charge in [-0.15, -0.1) is 0 Å². The van der Waals surface area contributed by atoms with Crippen LogP contribution in [0.5, 0.6) is 0 Å². The van der Waals surface area contributed by atoms with Crippen LogP contribution in [0.15, 0.2) is 54.1 Å². The molecule has 2 saturated heterocycles. The first-order valence-corrected chi connectivity index (χ1v) is 15.9. The van der Waals surface area contributed by atoms with Crippen LogP contribution in [0.1, 0.15) is 56.0 Å². The smallest absolute Gasteiger partial charge is 0.410 e. The number of hydrogen-bond acceptors (Lipinski definition) is 6. The Hall–Kier alpha value is -3.07. The topological polar surface area (TPSA) is 76.6 Å². The van der Waals surface area contributed by atoms with Crippen LogP contribution >= 0.6 is 11.6 Å². The van der Waals surface area contributed by atoms with Crippen LogP contribution < -0.4 is 4.90 Å². The van der Waals surface area contributed by atoms with Crippen molar-refractivity contribution in [2.75, 3.05) is 70.3 Å². The van der Waals surface area contributed by atoms with E-state index in [0.717, 1.165) is 82.3 Å². The Labute approximate surface area is 260 Å². The Bertz CT molecular complexity index is 1290. The van der Waals surface area contributed by atoms with E-state index >= 15 is 0 Å². The van der Waals surface area contributed by atoms with Crippen molar-refractivity contribution in [1.29, 1.82) is 0 Å². The summed E-state index contributed by atoms with van der Waals surface area (Å²) >= 11 is 6.23. The number of nitrogens with zero attached hydrogens (tertiary/aromatic N) is 4. The molecule has 1 N–H and O–H groups in total.